The molecule has 0 saturated heterocycles. The van der Waals surface area contributed by atoms with Crippen molar-refractivity contribution in [1.82, 2.24) is 14.3 Å². The molecule has 0 radical (unpaired) electrons. The molecule has 0 amide bonds. The number of hydrogen-bond donors (Lipinski definition) is 2. The average molecular weight is 509 g/mol. The number of ether oxygens (including phenoxy) is 1. The first-order valence-corrected chi connectivity index (χ1v) is 13.3. The van der Waals surface area contributed by atoms with Gasteiger partial charge >= 0.3 is 5.97 Å². The zero-order valence-corrected chi connectivity index (χ0v) is 20.5. The minimum absolute atomic E-state index is 0.0840. The number of carbonyl (C=O) groups is 1. The summed E-state index contributed by atoms with van der Waals surface area (Å²) in [5.41, 5.74) is 1.03. The van der Waals surface area contributed by atoms with Gasteiger partial charge in [-0.05, 0) is 50.3 Å². The highest BCUT2D eigenvalue weighted by Crippen LogP contribution is 2.37. The van der Waals surface area contributed by atoms with Gasteiger partial charge in [0.2, 0.25) is 10.0 Å². The number of hydrogen-bond acceptors (Lipinski definition) is 8. The third kappa shape index (κ3) is 4.98. The van der Waals surface area contributed by atoms with Gasteiger partial charge in [-0.1, -0.05) is 0 Å². The molecule has 2 heterocycles. The van der Waals surface area contributed by atoms with E-state index in [-0.39, 0.29) is 17.0 Å². The molecule has 1 saturated carbocycles. The lowest BCUT2D eigenvalue weighted by atomic mass is 9.93. The number of aromatic carboxylic acids is 1. The monoisotopic (exact) mass is 508 g/mol. The molecule has 2 aromatic heterocycles. The lowest BCUT2D eigenvalue weighted by molar-refractivity contribution is 0.0701. The summed E-state index contributed by atoms with van der Waals surface area (Å²) in [6.07, 6.45) is 4.89. The molecular formula is C22H25FN4O5S2. The van der Waals surface area contributed by atoms with Gasteiger partial charge in [-0.2, -0.15) is 0 Å². The molecule has 0 spiro atoms. The van der Waals surface area contributed by atoms with Gasteiger partial charge in [0.25, 0.3) is 0 Å². The SMILES string of the molecule is Cc1c(C(=O)O)sc2ncnc(Nc3ccc(F)cc3O[C@H]3CC[C@H](N(C)S(C)(=O)=O)CC3)c12. The van der Waals surface area contributed by atoms with Crippen molar-refractivity contribution in [3.8, 4) is 5.75 Å². The minimum Gasteiger partial charge on any atom is -0.488 e. The van der Waals surface area contributed by atoms with Crippen molar-refractivity contribution < 1.29 is 27.4 Å². The minimum atomic E-state index is -3.27. The normalized spacial score (nSPS) is 18.9. The fourth-order valence-corrected chi connectivity index (χ4v) is 5.91. The maximum atomic E-state index is 14.1. The summed E-state index contributed by atoms with van der Waals surface area (Å²) in [7, 11) is -1.68. The highest BCUT2D eigenvalue weighted by molar-refractivity contribution is 7.88. The number of nitrogens with zero attached hydrogens (tertiary/aromatic N) is 3. The number of thiophene rings is 1. The second-order valence-corrected chi connectivity index (χ2v) is 11.4. The molecule has 34 heavy (non-hydrogen) atoms. The fourth-order valence-electron chi connectivity index (χ4n) is 4.17. The molecule has 0 unspecified atom stereocenters. The number of carboxylic acids is 1. The van der Waals surface area contributed by atoms with E-state index < -0.39 is 21.8 Å². The Balaban J connectivity index is 1.56. The van der Waals surface area contributed by atoms with Gasteiger partial charge in [-0.3, -0.25) is 0 Å². The molecule has 1 aliphatic rings. The van der Waals surface area contributed by atoms with Crippen molar-refractivity contribution in [3.05, 3.63) is 40.8 Å². The summed E-state index contributed by atoms with van der Waals surface area (Å²) in [6.45, 7) is 1.70. The van der Waals surface area contributed by atoms with Crippen LogP contribution in [0.4, 0.5) is 15.9 Å². The molecule has 0 aliphatic heterocycles. The topological polar surface area (TPSA) is 122 Å². The van der Waals surface area contributed by atoms with Crippen LogP contribution in [-0.2, 0) is 10.0 Å². The average Bonchev–Trinajstić information content (AvgIpc) is 3.13. The molecule has 1 fully saturated rings. The molecule has 9 nitrogen and oxygen atoms in total. The van der Waals surface area contributed by atoms with Crippen LogP contribution in [0.25, 0.3) is 10.2 Å². The van der Waals surface area contributed by atoms with Crippen molar-refractivity contribution >= 4 is 49.1 Å². The second-order valence-electron chi connectivity index (χ2n) is 8.36. The summed E-state index contributed by atoms with van der Waals surface area (Å²) in [5.74, 6) is -0.785. The standard InChI is InChI=1S/C22H25FN4O5S2/c1-12-18-20(24-11-25-21(18)33-19(12)22(28)29)26-16-9-4-13(23)10-17(16)32-15-7-5-14(6-8-15)27(2)34(3,30)31/h4,9-11,14-15H,5-8H2,1-3H3,(H,28,29)(H,24,25,26)/t14-,15-. The van der Waals surface area contributed by atoms with Crippen molar-refractivity contribution in [2.24, 2.45) is 0 Å². The number of sulfonamides is 1. The number of fused-ring (bicyclic) bond motifs is 1. The molecular weight excluding hydrogens is 483 g/mol. The predicted octanol–water partition coefficient (Wildman–Crippen LogP) is 4.16. The Morgan fingerprint density at radius 2 is 1.97 bits per heavy atom. The summed E-state index contributed by atoms with van der Waals surface area (Å²) in [4.78, 5) is 20.7. The second kappa shape index (κ2) is 9.43. The quantitative estimate of drug-likeness (QED) is 0.488. The van der Waals surface area contributed by atoms with Crippen LogP contribution in [0.1, 0.15) is 40.9 Å². The molecule has 3 aromatic rings. The van der Waals surface area contributed by atoms with Crippen LogP contribution in [-0.4, -0.2) is 59.2 Å². The Kier molecular flexibility index (Phi) is 6.74. The highest BCUT2D eigenvalue weighted by Gasteiger charge is 2.29. The molecule has 1 aromatic carbocycles. The maximum absolute atomic E-state index is 14.1. The van der Waals surface area contributed by atoms with Crippen molar-refractivity contribution in [2.75, 3.05) is 18.6 Å². The Hall–Kier alpha value is -2.83. The van der Waals surface area contributed by atoms with Gasteiger partial charge in [0.15, 0.2) is 0 Å². The number of benzene rings is 1. The van der Waals surface area contributed by atoms with Crippen LogP contribution in [0, 0.1) is 12.7 Å². The lowest BCUT2D eigenvalue weighted by Crippen LogP contribution is -2.40. The highest BCUT2D eigenvalue weighted by atomic mass is 32.2. The molecule has 2 N–H and O–H groups in total. The summed E-state index contributed by atoms with van der Waals surface area (Å²) < 4.78 is 45.2. The van der Waals surface area contributed by atoms with Crippen LogP contribution in [0.15, 0.2) is 24.5 Å². The molecule has 0 bridgehead atoms. The molecule has 4 rings (SSSR count). The third-order valence-electron chi connectivity index (χ3n) is 6.09. The molecule has 1 aliphatic carbocycles. The lowest BCUT2D eigenvalue weighted by Gasteiger charge is -2.33. The Morgan fingerprint density at radius 3 is 2.62 bits per heavy atom. The van der Waals surface area contributed by atoms with Crippen LogP contribution in [0.3, 0.4) is 0 Å². The van der Waals surface area contributed by atoms with E-state index in [2.05, 4.69) is 15.3 Å². The molecule has 12 heteroatoms. The van der Waals surface area contributed by atoms with Gasteiger partial charge in [-0.25, -0.2) is 31.9 Å². The van der Waals surface area contributed by atoms with Crippen molar-refractivity contribution in [3.63, 3.8) is 0 Å². The first-order chi connectivity index (χ1) is 16.0. The van der Waals surface area contributed by atoms with E-state index in [1.165, 1.54) is 29.0 Å². The van der Waals surface area contributed by atoms with Gasteiger partial charge in [-0.15, -0.1) is 11.3 Å². The summed E-state index contributed by atoms with van der Waals surface area (Å²) >= 11 is 1.07. The van der Waals surface area contributed by atoms with Gasteiger partial charge in [0.1, 0.15) is 33.4 Å². The van der Waals surface area contributed by atoms with E-state index in [0.29, 0.717) is 58.7 Å². The predicted molar refractivity (Wildman–Crippen MR) is 128 cm³/mol. The number of carboxylic acid groups (broad SMARTS) is 1. The fraction of sp³-hybridized carbons (Fsp3) is 0.409. The van der Waals surface area contributed by atoms with Gasteiger partial charge in [0, 0.05) is 19.2 Å². The summed E-state index contributed by atoms with van der Waals surface area (Å²) in [6, 6.07) is 4.05. The first-order valence-electron chi connectivity index (χ1n) is 10.7. The van der Waals surface area contributed by atoms with E-state index in [1.807, 2.05) is 0 Å². The Bertz CT molecular complexity index is 1340. The largest absolute Gasteiger partial charge is 0.488 e. The number of anilines is 2. The number of halogens is 1. The third-order valence-corrected chi connectivity index (χ3v) is 8.62. The van der Waals surface area contributed by atoms with Gasteiger partial charge in [0.05, 0.1) is 23.4 Å². The number of rotatable bonds is 7. The zero-order valence-electron chi connectivity index (χ0n) is 18.9. The Morgan fingerprint density at radius 1 is 1.26 bits per heavy atom. The summed E-state index contributed by atoms with van der Waals surface area (Å²) in [5, 5.41) is 13.2. The van der Waals surface area contributed by atoms with E-state index >= 15 is 0 Å². The van der Waals surface area contributed by atoms with E-state index in [0.717, 1.165) is 11.3 Å². The molecule has 182 valence electrons. The zero-order chi connectivity index (χ0) is 24.6. The smallest absolute Gasteiger partial charge is 0.346 e. The van der Waals surface area contributed by atoms with Crippen molar-refractivity contribution in [1.29, 1.82) is 0 Å². The Labute approximate surface area is 200 Å². The number of aromatic nitrogens is 2. The maximum Gasteiger partial charge on any atom is 0.346 e. The van der Waals surface area contributed by atoms with E-state index in [1.54, 1.807) is 20.0 Å². The van der Waals surface area contributed by atoms with Crippen LogP contribution < -0.4 is 10.1 Å². The number of aryl methyl sites for hydroxylation is 1. The number of nitrogens with one attached hydrogen (secondary N) is 1. The van der Waals surface area contributed by atoms with E-state index in [4.69, 9.17) is 4.74 Å². The van der Waals surface area contributed by atoms with Crippen LogP contribution in [0.2, 0.25) is 0 Å². The van der Waals surface area contributed by atoms with Gasteiger partial charge < -0.3 is 15.2 Å². The first kappa shape index (κ1) is 24.3. The van der Waals surface area contributed by atoms with Crippen LogP contribution in [0.5, 0.6) is 5.75 Å². The van der Waals surface area contributed by atoms with E-state index in [9.17, 15) is 22.7 Å². The molecule has 0 atom stereocenters. The van der Waals surface area contributed by atoms with Crippen LogP contribution >= 0.6 is 11.3 Å². The van der Waals surface area contributed by atoms with Crippen molar-refractivity contribution in [2.45, 2.75) is 44.8 Å².